The monoisotopic (exact) mass is 347 g/mol. The first-order chi connectivity index (χ1) is 11.1. The van der Waals surface area contributed by atoms with Gasteiger partial charge in [0.2, 0.25) is 0 Å². The number of piperidine rings is 1. The summed E-state index contributed by atoms with van der Waals surface area (Å²) < 4.78 is 0. The predicted molar refractivity (Wildman–Crippen MR) is 97.4 cm³/mol. The van der Waals surface area contributed by atoms with Crippen LogP contribution in [0, 0.1) is 6.92 Å². The van der Waals surface area contributed by atoms with E-state index < -0.39 is 0 Å². The first-order valence-corrected chi connectivity index (χ1v) is 7.83. The van der Waals surface area contributed by atoms with Crippen molar-refractivity contribution >= 4 is 29.8 Å². The van der Waals surface area contributed by atoms with E-state index in [9.17, 15) is 4.79 Å². The van der Waals surface area contributed by atoms with Crippen LogP contribution in [0.1, 0.15) is 28.8 Å². The molecule has 0 atom stereocenters. The maximum atomic E-state index is 12.7. The summed E-state index contributed by atoms with van der Waals surface area (Å²) in [5.74, 6) is 0.844. The molecule has 2 heterocycles. The van der Waals surface area contributed by atoms with Crippen LogP contribution in [0.2, 0.25) is 0 Å². The summed E-state index contributed by atoms with van der Waals surface area (Å²) in [7, 11) is 0. The Labute approximate surface area is 147 Å². The molecule has 24 heavy (non-hydrogen) atoms. The van der Waals surface area contributed by atoms with Gasteiger partial charge in [0.1, 0.15) is 5.82 Å². The van der Waals surface area contributed by atoms with Crippen LogP contribution >= 0.6 is 12.4 Å². The van der Waals surface area contributed by atoms with Crippen LogP contribution in [0.4, 0.5) is 11.5 Å². The van der Waals surface area contributed by atoms with E-state index in [4.69, 9.17) is 5.73 Å². The first kappa shape index (κ1) is 18.0. The molecule has 7 heteroatoms. The number of carbonyl (C=O) groups is 1. The van der Waals surface area contributed by atoms with Crippen molar-refractivity contribution in [2.75, 3.05) is 24.1 Å². The second kappa shape index (κ2) is 7.97. The molecule has 1 aliphatic heterocycles. The molecule has 1 aliphatic rings. The van der Waals surface area contributed by atoms with Crippen molar-refractivity contribution in [2.45, 2.75) is 25.8 Å². The van der Waals surface area contributed by atoms with E-state index in [1.807, 2.05) is 36.1 Å². The van der Waals surface area contributed by atoms with Crippen molar-refractivity contribution in [1.82, 2.24) is 15.1 Å². The van der Waals surface area contributed by atoms with E-state index in [2.05, 4.69) is 15.5 Å². The smallest absolute Gasteiger partial charge is 0.254 e. The minimum Gasteiger partial charge on any atom is -0.399 e. The molecule has 0 aliphatic carbocycles. The Hall–Kier alpha value is -2.34. The van der Waals surface area contributed by atoms with Crippen molar-refractivity contribution in [2.24, 2.45) is 0 Å². The van der Waals surface area contributed by atoms with Crippen LogP contribution in [0.15, 0.2) is 36.5 Å². The number of hydrogen-bond acceptors (Lipinski definition) is 5. The van der Waals surface area contributed by atoms with Crippen molar-refractivity contribution in [3.8, 4) is 0 Å². The Morgan fingerprint density at radius 3 is 2.71 bits per heavy atom. The minimum absolute atomic E-state index is 0. The third-order valence-electron chi connectivity index (χ3n) is 4.20. The molecule has 1 aromatic carbocycles. The topological polar surface area (TPSA) is 84.1 Å². The lowest BCUT2D eigenvalue weighted by molar-refractivity contribution is 0.0717. The van der Waals surface area contributed by atoms with Crippen molar-refractivity contribution in [3.05, 3.63) is 47.7 Å². The van der Waals surface area contributed by atoms with Gasteiger partial charge in [0, 0.05) is 36.6 Å². The molecule has 0 unspecified atom stereocenters. The number of nitrogens with one attached hydrogen (secondary N) is 1. The zero-order valence-electron chi connectivity index (χ0n) is 13.6. The summed E-state index contributed by atoms with van der Waals surface area (Å²) in [5.41, 5.74) is 8.09. The number of halogens is 1. The molecule has 2 aromatic rings. The number of hydrogen-bond donors (Lipinski definition) is 2. The van der Waals surface area contributed by atoms with Crippen LogP contribution < -0.4 is 11.1 Å². The zero-order chi connectivity index (χ0) is 16.2. The minimum atomic E-state index is 0. The average molecular weight is 348 g/mol. The summed E-state index contributed by atoms with van der Waals surface area (Å²) in [6.07, 6.45) is 3.44. The Balaban J connectivity index is 0.00000208. The maximum Gasteiger partial charge on any atom is 0.254 e. The van der Waals surface area contributed by atoms with Crippen molar-refractivity contribution < 1.29 is 4.79 Å². The Bertz CT molecular complexity index is 687. The Morgan fingerprint density at radius 1 is 1.29 bits per heavy atom. The molecule has 1 aromatic heterocycles. The number of rotatable bonds is 3. The highest BCUT2D eigenvalue weighted by molar-refractivity contribution is 5.96. The average Bonchev–Trinajstić information content (AvgIpc) is 2.58. The Kier molecular flexibility index (Phi) is 5.98. The van der Waals surface area contributed by atoms with Gasteiger partial charge in [-0.3, -0.25) is 4.79 Å². The fourth-order valence-electron chi connectivity index (χ4n) is 2.85. The van der Waals surface area contributed by atoms with Crippen LogP contribution in [0.3, 0.4) is 0 Å². The van der Waals surface area contributed by atoms with Gasteiger partial charge >= 0.3 is 0 Å². The highest BCUT2D eigenvalue weighted by Crippen LogP contribution is 2.20. The summed E-state index contributed by atoms with van der Waals surface area (Å²) in [4.78, 5) is 14.6. The SMILES string of the molecule is Cc1ccc(N)cc1C(=O)N1CCC(Nc2cccnn2)CC1.Cl. The molecule has 0 saturated carbocycles. The number of anilines is 2. The van der Waals surface area contributed by atoms with E-state index in [1.165, 1.54) is 0 Å². The molecule has 1 fully saturated rings. The molecule has 3 rings (SSSR count). The molecular formula is C17H22ClN5O. The second-order valence-electron chi connectivity index (χ2n) is 5.89. The second-order valence-corrected chi connectivity index (χ2v) is 5.89. The largest absolute Gasteiger partial charge is 0.399 e. The summed E-state index contributed by atoms with van der Waals surface area (Å²) >= 11 is 0. The molecule has 128 valence electrons. The van der Waals surface area contributed by atoms with Gasteiger partial charge < -0.3 is 16.0 Å². The molecule has 0 spiro atoms. The Morgan fingerprint density at radius 2 is 2.04 bits per heavy atom. The number of aryl methyl sites for hydroxylation is 1. The molecule has 6 nitrogen and oxygen atoms in total. The summed E-state index contributed by atoms with van der Waals surface area (Å²) in [6, 6.07) is 9.56. The lowest BCUT2D eigenvalue weighted by Gasteiger charge is -2.33. The van der Waals surface area contributed by atoms with Crippen LogP contribution in [-0.4, -0.2) is 40.1 Å². The quantitative estimate of drug-likeness (QED) is 0.833. The lowest BCUT2D eigenvalue weighted by Crippen LogP contribution is -2.42. The van der Waals surface area contributed by atoms with Crippen LogP contribution in [-0.2, 0) is 0 Å². The number of nitrogens with zero attached hydrogens (tertiary/aromatic N) is 3. The summed E-state index contributed by atoms with van der Waals surface area (Å²) in [6.45, 7) is 3.39. The number of aromatic nitrogens is 2. The summed E-state index contributed by atoms with van der Waals surface area (Å²) in [5, 5.41) is 11.3. The highest BCUT2D eigenvalue weighted by Gasteiger charge is 2.24. The number of nitrogen functional groups attached to an aromatic ring is 1. The first-order valence-electron chi connectivity index (χ1n) is 7.83. The van der Waals surface area contributed by atoms with Gasteiger partial charge in [0.25, 0.3) is 5.91 Å². The van der Waals surface area contributed by atoms with Gasteiger partial charge in [-0.2, -0.15) is 5.10 Å². The third kappa shape index (κ3) is 4.14. The van der Waals surface area contributed by atoms with Crippen LogP contribution in [0.5, 0.6) is 0 Å². The van der Waals surface area contributed by atoms with E-state index in [1.54, 1.807) is 12.3 Å². The van der Waals surface area contributed by atoms with Crippen LogP contribution in [0.25, 0.3) is 0 Å². The van der Waals surface area contributed by atoms with Crippen molar-refractivity contribution in [1.29, 1.82) is 0 Å². The molecule has 0 radical (unpaired) electrons. The van der Waals surface area contributed by atoms with Gasteiger partial charge in [-0.05, 0) is 49.6 Å². The molecule has 1 saturated heterocycles. The molecular weight excluding hydrogens is 326 g/mol. The van der Waals surface area contributed by atoms with E-state index in [0.717, 1.165) is 37.3 Å². The predicted octanol–water partition coefficient (Wildman–Crippen LogP) is 2.51. The number of amides is 1. The number of nitrogens with two attached hydrogens (primary N) is 1. The number of carbonyl (C=O) groups excluding carboxylic acids is 1. The molecule has 0 bridgehead atoms. The molecule has 1 amide bonds. The number of likely N-dealkylation sites (tertiary alicyclic amines) is 1. The van der Waals surface area contributed by atoms with Gasteiger partial charge in [-0.1, -0.05) is 6.07 Å². The maximum absolute atomic E-state index is 12.7. The van der Waals surface area contributed by atoms with E-state index in [0.29, 0.717) is 17.3 Å². The molecule has 3 N–H and O–H groups in total. The third-order valence-corrected chi connectivity index (χ3v) is 4.20. The number of benzene rings is 1. The highest BCUT2D eigenvalue weighted by atomic mass is 35.5. The fraction of sp³-hybridized carbons (Fsp3) is 0.353. The standard InChI is InChI=1S/C17H21N5O.ClH/c1-12-4-5-13(18)11-15(12)17(23)22-9-6-14(7-10-22)20-16-3-2-8-19-21-16;/h2-5,8,11,14H,6-7,9-10,18H2,1H3,(H,20,21);1H. The normalized spacial score (nSPS) is 14.8. The van der Waals surface area contributed by atoms with Gasteiger partial charge in [0.15, 0.2) is 0 Å². The zero-order valence-corrected chi connectivity index (χ0v) is 14.4. The lowest BCUT2D eigenvalue weighted by atomic mass is 10.0. The fourth-order valence-corrected chi connectivity index (χ4v) is 2.85. The van der Waals surface area contributed by atoms with Gasteiger partial charge in [-0.15, -0.1) is 17.5 Å². The van der Waals surface area contributed by atoms with Crippen molar-refractivity contribution in [3.63, 3.8) is 0 Å². The van der Waals surface area contributed by atoms with Gasteiger partial charge in [0.05, 0.1) is 0 Å². The van der Waals surface area contributed by atoms with Gasteiger partial charge in [-0.25, -0.2) is 0 Å². The van der Waals surface area contributed by atoms with E-state index in [-0.39, 0.29) is 18.3 Å². The van der Waals surface area contributed by atoms with E-state index >= 15 is 0 Å².